The second kappa shape index (κ2) is 4.02. The van der Waals surface area contributed by atoms with Crippen molar-refractivity contribution in [3.05, 3.63) is 34.9 Å². The van der Waals surface area contributed by atoms with E-state index < -0.39 is 0 Å². The van der Waals surface area contributed by atoms with Crippen LogP contribution in [0.5, 0.6) is 0 Å². The van der Waals surface area contributed by atoms with Gasteiger partial charge in [0.1, 0.15) is 5.82 Å². The molecule has 0 aliphatic rings. The minimum Gasteiger partial charge on any atom is -0.368 e. The minimum absolute atomic E-state index is 0.00818. The van der Waals surface area contributed by atoms with Crippen LogP contribution in [0.4, 0.5) is 10.3 Å². The number of aryl methyl sites for hydroxylation is 1. The maximum Gasteiger partial charge on any atom is 0.227 e. The molecule has 2 N–H and O–H groups in total. The van der Waals surface area contributed by atoms with E-state index in [4.69, 9.17) is 17.3 Å². The molecule has 4 nitrogen and oxygen atoms in total. The van der Waals surface area contributed by atoms with Gasteiger partial charge in [-0.1, -0.05) is 6.07 Å². The third kappa shape index (κ3) is 2.09. The van der Waals surface area contributed by atoms with Gasteiger partial charge in [-0.25, -0.2) is 4.39 Å². The standard InChI is InChI=1S/C10H8ClFN4/c1-5-2-3-6(12)4-7(5)8-14-9(11)16-10(13)15-8/h2-4H,1H3,(H2,13,14,15,16). The van der Waals surface area contributed by atoms with Crippen LogP contribution in [-0.2, 0) is 0 Å². The summed E-state index contributed by atoms with van der Waals surface area (Å²) in [7, 11) is 0. The van der Waals surface area contributed by atoms with Gasteiger partial charge in [0, 0.05) is 5.56 Å². The Morgan fingerprint density at radius 1 is 1.25 bits per heavy atom. The van der Waals surface area contributed by atoms with Crippen molar-refractivity contribution in [2.24, 2.45) is 0 Å². The molecule has 0 spiro atoms. The van der Waals surface area contributed by atoms with Crippen molar-refractivity contribution in [2.75, 3.05) is 5.73 Å². The fourth-order valence-corrected chi connectivity index (χ4v) is 1.49. The molecular weight excluding hydrogens is 231 g/mol. The van der Waals surface area contributed by atoms with E-state index in [-0.39, 0.29) is 22.9 Å². The third-order valence-electron chi connectivity index (χ3n) is 2.07. The summed E-state index contributed by atoms with van der Waals surface area (Å²) in [5.74, 6) is -0.0798. The monoisotopic (exact) mass is 238 g/mol. The number of nitrogens with zero attached hydrogens (tertiary/aromatic N) is 3. The van der Waals surface area contributed by atoms with Crippen LogP contribution >= 0.6 is 11.6 Å². The summed E-state index contributed by atoms with van der Waals surface area (Å²) in [6.45, 7) is 1.82. The molecule has 16 heavy (non-hydrogen) atoms. The average Bonchev–Trinajstić information content (AvgIpc) is 2.20. The molecular formula is C10H8ClFN4. The summed E-state index contributed by atoms with van der Waals surface area (Å²) in [5, 5.41) is -0.00818. The summed E-state index contributed by atoms with van der Waals surface area (Å²) in [4.78, 5) is 11.5. The predicted molar refractivity (Wildman–Crippen MR) is 59.4 cm³/mol. The fraction of sp³-hybridized carbons (Fsp3) is 0.100. The molecule has 0 aliphatic carbocycles. The molecule has 0 radical (unpaired) electrons. The highest BCUT2D eigenvalue weighted by Gasteiger charge is 2.09. The van der Waals surface area contributed by atoms with E-state index in [0.717, 1.165) is 5.56 Å². The third-order valence-corrected chi connectivity index (χ3v) is 2.23. The van der Waals surface area contributed by atoms with Gasteiger partial charge in [-0.2, -0.15) is 15.0 Å². The van der Waals surface area contributed by atoms with Gasteiger partial charge in [0.25, 0.3) is 0 Å². The summed E-state index contributed by atoms with van der Waals surface area (Å²) < 4.78 is 13.1. The molecule has 6 heteroatoms. The Hall–Kier alpha value is -1.75. The smallest absolute Gasteiger partial charge is 0.227 e. The largest absolute Gasteiger partial charge is 0.368 e. The molecule has 2 aromatic rings. The molecule has 2 rings (SSSR count). The van der Waals surface area contributed by atoms with Crippen molar-refractivity contribution in [1.29, 1.82) is 0 Å². The van der Waals surface area contributed by atoms with Crippen molar-refractivity contribution in [3.63, 3.8) is 0 Å². The minimum atomic E-state index is -0.365. The van der Waals surface area contributed by atoms with E-state index in [1.54, 1.807) is 6.07 Å². The lowest BCUT2D eigenvalue weighted by atomic mass is 10.1. The first-order valence-corrected chi connectivity index (χ1v) is 4.87. The van der Waals surface area contributed by atoms with Gasteiger partial charge in [0.2, 0.25) is 11.2 Å². The Bertz CT molecular complexity index is 524. The summed E-state index contributed by atoms with van der Waals surface area (Å²) in [6.07, 6.45) is 0. The molecule has 1 heterocycles. The number of anilines is 1. The molecule has 0 bridgehead atoms. The second-order valence-electron chi connectivity index (χ2n) is 3.25. The first-order valence-electron chi connectivity index (χ1n) is 4.50. The lowest BCUT2D eigenvalue weighted by Gasteiger charge is -2.05. The first-order chi connectivity index (χ1) is 7.56. The van der Waals surface area contributed by atoms with E-state index in [0.29, 0.717) is 5.56 Å². The first kappa shape index (κ1) is 10.8. The van der Waals surface area contributed by atoms with Crippen molar-refractivity contribution < 1.29 is 4.39 Å². The van der Waals surface area contributed by atoms with Crippen molar-refractivity contribution in [1.82, 2.24) is 15.0 Å². The van der Waals surface area contributed by atoms with Crippen LogP contribution < -0.4 is 5.73 Å². The summed E-state index contributed by atoms with van der Waals surface area (Å²) in [6, 6.07) is 4.34. The number of nitrogens with two attached hydrogens (primary N) is 1. The Morgan fingerprint density at radius 2 is 2.00 bits per heavy atom. The highest BCUT2D eigenvalue weighted by Crippen LogP contribution is 2.22. The fourth-order valence-electron chi connectivity index (χ4n) is 1.32. The van der Waals surface area contributed by atoms with Crippen LogP contribution in [0.25, 0.3) is 11.4 Å². The number of rotatable bonds is 1. The molecule has 0 saturated carbocycles. The van der Waals surface area contributed by atoms with E-state index in [1.807, 2.05) is 6.92 Å². The van der Waals surface area contributed by atoms with Crippen LogP contribution in [0.2, 0.25) is 5.28 Å². The Balaban J connectivity index is 2.62. The van der Waals surface area contributed by atoms with Crippen molar-refractivity contribution in [2.45, 2.75) is 6.92 Å². The van der Waals surface area contributed by atoms with Gasteiger partial charge >= 0.3 is 0 Å². The van der Waals surface area contributed by atoms with Crippen molar-refractivity contribution >= 4 is 17.5 Å². The van der Waals surface area contributed by atoms with Gasteiger partial charge < -0.3 is 5.73 Å². The zero-order valence-electron chi connectivity index (χ0n) is 8.41. The molecule has 0 amide bonds. The van der Waals surface area contributed by atoms with E-state index in [2.05, 4.69) is 15.0 Å². The topological polar surface area (TPSA) is 64.7 Å². The number of benzene rings is 1. The van der Waals surface area contributed by atoms with Crippen LogP contribution in [0, 0.1) is 12.7 Å². The molecule has 82 valence electrons. The number of nitrogen functional groups attached to an aromatic ring is 1. The summed E-state index contributed by atoms with van der Waals surface area (Å²) in [5.41, 5.74) is 6.83. The van der Waals surface area contributed by atoms with E-state index in [1.165, 1.54) is 12.1 Å². The van der Waals surface area contributed by atoms with Crippen LogP contribution in [0.3, 0.4) is 0 Å². The van der Waals surface area contributed by atoms with Crippen LogP contribution in [0.15, 0.2) is 18.2 Å². The highest BCUT2D eigenvalue weighted by molar-refractivity contribution is 6.28. The number of aromatic nitrogens is 3. The zero-order chi connectivity index (χ0) is 11.7. The SMILES string of the molecule is Cc1ccc(F)cc1-c1nc(N)nc(Cl)n1. The lowest BCUT2D eigenvalue weighted by molar-refractivity contribution is 0.627. The van der Waals surface area contributed by atoms with E-state index in [9.17, 15) is 4.39 Å². The molecule has 1 aromatic carbocycles. The zero-order valence-corrected chi connectivity index (χ0v) is 9.16. The number of hydrogen-bond acceptors (Lipinski definition) is 4. The van der Waals surface area contributed by atoms with Gasteiger partial charge in [0.15, 0.2) is 5.82 Å². The van der Waals surface area contributed by atoms with Crippen molar-refractivity contribution in [3.8, 4) is 11.4 Å². The second-order valence-corrected chi connectivity index (χ2v) is 3.58. The number of hydrogen-bond donors (Lipinski definition) is 1. The molecule has 0 saturated heterocycles. The Labute approximate surface area is 96.3 Å². The van der Waals surface area contributed by atoms with Gasteiger partial charge in [-0.15, -0.1) is 0 Å². The Morgan fingerprint density at radius 3 is 2.69 bits per heavy atom. The average molecular weight is 239 g/mol. The summed E-state index contributed by atoms with van der Waals surface area (Å²) >= 11 is 5.66. The maximum absolute atomic E-state index is 13.1. The molecule has 0 fully saturated rings. The van der Waals surface area contributed by atoms with Gasteiger partial charge in [-0.3, -0.25) is 0 Å². The van der Waals surface area contributed by atoms with E-state index >= 15 is 0 Å². The lowest BCUT2D eigenvalue weighted by Crippen LogP contribution is -2.01. The van der Waals surface area contributed by atoms with Crippen LogP contribution in [-0.4, -0.2) is 15.0 Å². The molecule has 1 aromatic heterocycles. The quantitative estimate of drug-likeness (QED) is 0.827. The normalized spacial score (nSPS) is 10.4. The van der Waals surface area contributed by atoms with Crippen LogP contribution in [0.1, 0.15) is 5.56 Å². The Kier molecular flexibility index (Phi) is 2.70. The predicted octanol–water partition coefficient (Wildman–Crippen LogP) is 2.22. The van der Waals surface area contributed by atoms with Gasteiger partial charge in [-0.05, 0) is 36.2 Å². The molecule has 0 unspecified atom stereocenters. The van der Waals surface area contributed by atoms with Gasteiger partial charge in [0.05, 0.1) is 0 Å². The highest BCUT2D eigenvalue weighted by atomic mass is 35.5. The molecule has 0 atom stereocenters. The number of halogens is 2. The molecule has 0 aliphatic heterocycles. The maximum atomic E-state index is 13.1.